The van der Waals surface area contributed by atoms with Crippen molar-refractivity contribution in [1.29, 1.82) is 0 Å². The van der Waals surface area contributed by atoms with Gasteiger partial charge in [0.25, 0.3) is 0 Å². The van der Waals surface area contributed by atoms with Gasteiger partial charge in [0.05, 0.1) is 0 Å². The molecular formula is C16H19N3O2S. The Bertz CT molecular complexity index is 641. The van der Waals surface area contributed by atoms with Gasteiger partial charge in [0.2, 0.25) is 11.8 Å². The number of carbonyl (C=O) groups excluding carboxylic acids is 2. The Morgan fingerprint density at radius 1 is 1.27 bits per heavy atom. The largest absolute Gasteiger partial charge is 0.374 e. The van der Waals surface area contributed by atoms with E-state index in [1.165, 1.54) is 4.88 Å². The highest BCUT2D eigenvalue weighted by atomic mass is 32.1. The summed E-state index contributed by atoms with van der Waals surface area (Å²) in [5, 5.41) is 7.98. The van der Waals surface area contributed by atoms with Gasteiger partial charge in [0.1, 0.15) is 6.04 Å². The molecule has 22 heavy (non-hydrogen) atoms. The molecule has 0 aliphatic heterocycles. The lowest BCUT2D eigenvalue weighted by atomic mass is 10.2. The summed E-state index contributed by atoms with van der Waals surface area (Å²) >= 11 is 1.68. The summed E-state index contributed by atoms with van der Waals surface area (Å²) in [4.78, 5) is 24.4. The minimum absolute atomic E-state index is 0.0824. The first-order chi connectivity index (χ1) is 10.6. The van der Waals surface area contributed by atoms with Gasteiger partial charge in [-0.1, -0.05) is 12.1 Å². The van der Waals surface area contributed by atoms with Crippen LogP contribution in [0.3, 0.4) is 0 Å². The molecule has 1 unspecified atom stereocenters. The molecule has 1 heterocycles. The number of amides is 2. The van der Waals surface area contributed by atoms with Crippen molar-refractivity contribution in [2.75, 3.05) is 11.9 Å². The predicted octanol–water partition coefficient (Wildman–Crippen LogP) is 2.01. The number of rotatable bonds is 7. The summed E-state index contributed by atoms with van der Waals surface area (Å²) in [6.07, 6.45) is 0.827. The van der Waals surface area contributed by atoms with Gasteiger partial charge in [-0.3, -0.25) is 9.59 Å². The topological polar surface area (TPSA) is 84.2 Å². The van der Waals surface area contributed by atoms with Crippen LogP contribution in [0.5, 0.6) is 0 Å². The zero-order valence-corrected chi connectivity index (χ0v) is 13.2. The quantitative estimate of drug-likeness (QED) is 0.730. The van der Waals surface area contributed by atoms with Crippen LogP contribution in [0.4, 0.5) is 5.69 Å². The van der Waals surface area contributed by atoms with Gasteiger partial charge < -0.3 is 16.4 Å². The highest BCUT2D eigenvalue weighted by Crippen LogP contribution is 2.12. The molecule has 0 spiro atoms. The van der Waals surface area contributed by atoms with Crippen molar-refractivity contribution in [2.24, 2.45) is 5.73 Å². The maximum atomic E-state index is 12.0. The van der Waals surface area contributed by atoms with E-state index in [0.717, 1.165) is 6.42 Å². The van der Waals surface area contributed by atoms with Gasteiger partial charge in [-0.25, -0.2) is 0 Å². The third-order valence-corrected chi connectivity index (χ3v) is 4.11. The van der Waals surface area contributed by atoms with E-state index in [9.17, 15) is 9.59 Å². The van der Waals surface area contributed by atoms with Crippen LogP contribution in [0, 0.1) is 0 Å². The summed E-state index contributed by atoms with van der Waals surface area (Å²) < 4.78 is 0. The number of primary amides is 1. The lowest BCUT2D eigenvalue weighted by Crippen LogP contribution is -2.38. The number of thiophene rings is 1. The zero-order chi connectivity index (χ0) is 15.9. The highest BCUT2D eigenvalue weighted by Gasteiger charge is 2.12. The van der Waals surface area contributed by atoms with Gasteiger partial charge in [-0.15, -0.1) is 11.3 Å². The summed E-state index contributed by atoms with van der Waals surface area (Å²) in [6.45, 7) is 2.38. The Morgan fingerprint density at radius 3 is 2.77 bits per heavy atom. The standard InChI is InChI=1S/C16H19N3O2S/c1-11(16(21)18-8-7-14-6-3-9-22-14)19-13-5-2-4-12(10-13)15(17)20/h2-6,9-11,19H,7-8H2,1H3,(H2,17,20)(H,18,21). The lowest BCUT2D eigenvalue weighted by molar-refractivity contribution is -0.121. The molecular weight excluding hydrogens is 298 g/mol. The van der Waals surface area contributed by atoms with Crippen molar-refractivity contribution in [3.63, 3.8) is 0 Å². The Hall–Kier alpha value is -2.34. The molecule has 4 N–H and O–H groups in total. The Labute approximate surface area is 133 Å². The summed E-state index contributed by atoms with van der Waals surface area (Å²) in [5.41, 5.74) is 6.34. The number of anilines is 1. The normalized spacial score (nSPS) is 11.7. The number of nitrogens with two attached hydrogens (primary N) is 1. The fraction of sp³-hybridized carbons (Fsp3) is 0.250. The summed E-state index contributed by atoms with van der Waals surface area (Å²) in [5.74, 6) is -0.572. The molecule has 0 saturated carbocycles. The van der Waals surface area contributed by atoms with E-state index in [1.807, 2.05) is 17.5 Å². The van der Waals surface area contributed by atoms with Crippen molar-refractivity contribution in [2.45, 2.75) is 19.4 Å². The number of benzene rings is 1. The first-order valence-corrected chi connectivity index (χ1v) is 7.90. The van der Waals surface area contributed by atoms with Gasteiger partial charge >= 0.3 is 0 Å². The van der Waals surface area contributed by atoms with Crippen LogP contribution in [0.15, 0.2) is 41.8 Å². The fourth-order valence-corrected chi connectivity index (χ4v) is 2.70. The summed E-state index contributed by atoms with van der Waals surface area (Å²) in [7, 11) is 0. The SMILES string of the molecule is CC(Nc1cccc(C(N)=O)c1)C(=O)NCCc1cccs1. The Morgan fingerprint density at radius 2 is 2.09 bits per heavy atom. The molecule has 1 aromatic heterocycles. The van der Waals surface area contributed by atoms with E-state index in [2.05, 4.69) is 10.6 Å². The Balaban J connectivity index is 1.83. The van der Waals surface area contributed by atoms with E-state index in [-0.39, 0.29) is 5.91 Å². The van der Waals surface area contributed by atoms with E-state index < -0.39 is 11.9 Å². The average molecular weight is 317 g/mol. The van der Waals surface area contributed by atoms with E-state index in [4.69, 9.17) is 5.73 Å². The molecule has 116 valence electrons. The van der Waals surface area contributed by atoms with E-state index in [0.29, 0.717) is 17.8 Å². The molecule has 6 heteroatoms. The molecule has 1 aromatic carbocycles. The third-order valence-electron chi connectivity index (χ3n) is 3.17. The van der Waals surface area contributed by atoms with Crippen LogP contribution < -0.4 is 16.4 Å². The minimum atomic E-state index is -0.489. The first kappa shape index (κ1) is 16.0. The van der Waals surface area contributed by atoms with Gasteiger partial charge in [0, 0.05) is 22.7 Å². The van der Waals surface area contributed by atoms with Gasteiger partial charge in [-0.05, 0) is 43.0 Å². The molecule has 0 aliphatic rings. The fourth-order valence-electron chi connectivity index (χ4n) is 1.99. The highest BCUT2D eigenvalue weighted by molar-refractivity contribution is 7.09. The van der Waals surface area contributed by atoms with Crippen LogP contribution in [0.2, 0.25) is 0 Å². The van der Waals surface area contributed by atoms with Crippen molar-refractivity contribution >= 4 is 28.8 Å². The second-order valence-electron chi connectivity index (χ2n) is 4.93. The minimum Gasteiger partial charge on any atom is -0.374 e. The van der Waals surface area contributed by atoms with Crippen molar-refractivity contribution < 1.29 is 9.59 Å². The van der Waals surface area contributed by atoms with Crippen molar-refractivity contribution in [3.8, 4) is 0 Å². The molecule has 5 nitrogen and oxygen atoms in total. The van der Waals surface area contributed by atoms with Crippen LogP contribution in [-0.4, -0.2) is 24.4 Å². The smallest absolute Gasteiger partial charge is 0.248 e. The molecule has 0 saturated heterocycles. The Kier molecular flexibility index (Phi) is 5.55. The van der Waals surface area contributed by atoms with Crippen LogP contribution >= 0.6 is 11.3 Å². The molecule has 2 aromatic rings. The maximum Gasteiger partial charge on any atom is 0.248 e. The van der Waals surface area contributed by atoms with Gasteiger partial charge in [-0.2, -0.15) is 0 Å². The zero-order valence-electron chi connectivity index (χ0n) is 12.3. The maximum absolute atomic E-state index is 12.0. The molecule has 2 rings (SSSR count). The predicted molar refractivity (Wildman–Crippen MR) is 89.1 cm³/mol. The van der Waals surface area contributed by atoms with Crippen LogP contribution in [-0.2, 0) is 11.2 Å². The number of nitrogens with one attached hydrogen (secondary N) is 2. The number of hydrogen-bond donors (Lipinski definition) is 3. The monoisotopic (exact) mass is 317 g/mol. The average Bonchev–Trinajstić information content (AvgIpc) is 3.00. The van der Waals surface area contributed by atoms with E-state index >= 15 is 0 Å². The summed E-state index contributed by atoms with van der Waals surface area (Å²) in [6, 6.07) is 10.4. The molecule has 0 aliphatic carbocycles. The second kappa shape index (κ2) is 7.61. The van der Waals surface area contributed by atoms with Crippen molar-refractivity contribution in [1.82, 2.24) is 5.32 Å². The molecule has 0 bridgehead atoms. The number of carbonyl (C=O) groups is 2. The first-order valence-electron chi connectivity index (χ1n) is 7.03. The number of hydrogen-bond acceptors (Lipinski definition) is 4. The molecule has 1 atom stereocenters. The van der Waals surface area contributed by atoms with E-state index in [1.54, 1.807) is 42.5 Å². The lowest BCUT2D eigenvalue weighted by Gasteiger charge is -2.15. The third kappa shape index (κ3) is 4.60. The van der Waals surface area contributed by atoms with Crippen LogP contribution in [0.1, 0.15) is 22.2 Å². The molecule has 0 radical (unpaired) electrons. The second-order valence-corrected chi connectivity index (χ2v) is 5.96. The van der Waals surface area contributed by atoms with Crippen molar-refractivity contribution in [3.05, 3.63) is 52.2 Å². The molecule has 2 amide bonds. The molecule has 0 fully saturated rings. The van der Waals surface area contributed by atoms with Crippen LogP contribution in [0.25, 0.3) is 0 Å². The van der Waals surface area contributed by atoms with Gasteiger partial charge in [0.15, 0.2) is 0 Å².